The van der Waals surface area contributed by atoms with Crippen molar-refractivity contribution in [2.75, 3.05) is 14.2 Å². The lowest BCUT2D eigenvalue weighted by Gasteiger charge is -2.14. The Morgan fingerprint density at radius 3 is 2.11 bits per heavy atom. The van der Waals surface area contributed by atoms with Gasteiger partial charge in [0.1, 0.15) is 11.5 Å². The third-order valence-electron chi connectivity index (χ3n) is 2.54. The minimum atomic E-state index is -0.371. The Balaban J connectivity index is 2.17. The molecule has 0 N–H and O–H groups in total. The predicted molar refractivity (Wildman–Crippen MR) is 69.7 cm³/mol. The molecule has 94 valence electrons. The highest BCUT2D eigenvalue weighted by molar-refractivity contribution is 5.34. The van der Waals surface area contributed by atoms with Crippen LogP contribution in [0.3, 0.4) is 0 Å². The normalized spacial score (nSPS) is 10.6. The van der Waals surface area contributed by atoms with Crippen molar-refractivity contribution in [1.29, 1.82) is 0 Å². The molecule has 2 aromatic carbocycles. The van der Waals surface area contributed by atoms with E-state index in [1.54, 1.807) is 14.2 Å². The molecule has 2 aromatic rings. The number of hydrogen-bond donors (Lipinski definition) is 0. The number of methoxy groups -OCH3 is 2. The van der Waals surface area contributed by atoms with Crippen LogP contribution in [-0.2, 0) is 9.47 Å². The SMILES string of the molecule is COC(OC)c1cccc(Oc2ccccc2)c1. The van der Waals surface area contributed by atoms with Gasteiger partial charge < -0.3 is 14.2 Å². The van der Waals surface area contributed by atoms with Gasteiger partial charge in [0.15, 0.2) is 6.29 Å². The van der Waals surface area contributed by atoms with E-state index in [-0.39, 0.29) is 6.29 Å². The number of hydrogen-bond acceptors (Lipinski definition) is 3. The van der Waals surface area contributed by atoms with Gasteiger partial charge in [-0.3, -0.25) is 0 Å². The van der Waals surface area contributed by atoms with E-state index in [1.807, 2.05) is 54.6 Å². The van der Waals surface area contributed by atoms with E-state index < -0.39 is 0 Å². The maximum atomic E-state index is 5.75. The number of ether oxygens (including phenoxy) is 3. The van der Waals surface area contributed by atoms with Crippen molar-refractivity contribution in [2.45, 2.75) is 6.29 Å². The average Bonchev–Trinajstić information content (AvgIpc) is 2.42. The molecule has 0 aliphatic carbocycles. The lowest BCUT2D eigenvalue weighted by atomic mass is 10.2. The van der Waals surface area contributed by atoms with E-state index in [9.17, 15) is 0 Å². The number of para-hydroxylation sites is 1. The van der Waals surface area contributed by atoms with Crippen molar-refractivity contribution in [1.82, 2.24) is 0 Å². The smallest absolute Gasteiger partial charge is 0.183 e. The van der Waals surface area contributed by atoms with Crippen molar-refractivity contribution in [2.24, 2.45) is 0 Å². The maximum absolute atomic E-state index is 5.75. The molecule has 0 spiro atoms. The van der Waals surface area contributed by atoms with Gasteiger partial charge in [0.05, 0.1) is 0 Å². The van der Waals surface area contributed by atoms with Crippen LogP contribution in [0.15, 0.2) is 54.6 Å². The molecule has 0 radical (unpaired) electrons. The van der Waals surface area contributed by atoms with Gasteiger partial charge >= 0.3 is 0 Å². The van der Waals surface area contributed by atoms with Crippen LogP contribution >= 0.6 is 0 Å². The van der Waals surface area contributed by atoms with Crippen molar-refractivity contribution in [3.63, 3.8) is 0 Å². The molecule has 3 nitrogen and oxygen atoms in total. The summed E-state index contributed by atoms with van der Waals surface area (Å²) < 4.78 is 16.2. The summed E-state index contributed by atoms with van der Waals surface area (Å²) in [6.45, 7) is 0. The molecule has 0 aliphatic rings. The Morgan fingerprint density at radius 1 is 0.778 bits per heavy atom. The number of rotatable bonds is 5. The molecular formula is C15H16O3. The summed E-state index contributed by atoms with van der Waals surface area (Å²) in [7, 11) is 3.22. The van der Waals surface area contributed by atoms with Crippen LogP contribution in [0, 0.1) is 0 Å². The van der Waals surface area contributed by atoms with Gasteiger partial charge in [-0.2, -0.15) is 0 Å². The lowest BCUT2D eigenvalue weighted by Crippen LogP contribution is -2.03. The third-order valence-corrected chi connectivity index (χ3v) is 2.54. The van der Waals surface area contributed by atoms with E-state index >= 15 is 0 Å². The first-order chi connectivity index (χ1) is 8.83. The Labute approximate surface area is 107 Å². The minimum absolute atomic E-state index is 0.371. The first-order valence-corrected chi connectivity index (χ1v) is 5.72. The Morgan fingerprint density at radius 2 is 1.44 bits per heavy atom. The van der Waals surface area contributed by atoms with Gasteiger partial charge in [0, 0.05) is 19.8 Å². The molecule has 0 saturated carbocycles. The second kappa shape index (κ2) is 6.19. The molecular weight excluding hydrogens is 228 g/mol. The van der Waals surface area contributed by atoms with Crippen molar-refractivity contribution in [3.05, 3.63) is 60.2 Å². The first-order valence-electron chi connectivity index (χ1n) is 5.72. The zero-order valence-corrected chi connectivity index (χ0v) is 10.5. The van der Waals surface area contributed by atoms with Crippen LogP contribution in [0.25, 0.3) is 0 Å². The molecule has 0 aromatic heterocycles. The highest BCUT2D eigenvalue weighted by Crippen LogP contribution is 2.25. The summed E-state index contributed by atoms with van der Waals surface area (Å²) in [5.41, 5.74) is 0.924. The Bertz CT molecular complexity index is 478. The number of benzene rings is 2. The average molecular weight is 244 g/mol. The molecule has 0 unspecified atom stereocenters. The summed E-state index contributed by atoms with van der Waals surface area (Å²) in [6.07, 6.45) is -0.371. The van der Waals surface area contributed by atoms with Gasteiger partial charge in [0.25, 0.3) is 0 Å². The van der Waals surface area contributed by atoms with Crippen LogP contribution in [0.4, 0.5) is 0 Å². The van der Waals surface area contributed by atoms with E-state index in [0.717, 1.165) is 17.1 Å². The van der Waals surface area contributed by atoms with Crippen molar-refractivity contribution < 1.29 is 14.2 Å². The summed E-state index contributed by atoms with van der Waals surface area (Å²) >= 11 is 0. The fourth-order valence-electron chi connectivity index (χ4n) is 1.72. The van der Waals surface area contributed by atoms with Crippen LogP contribution in [0.5, 0.6) is 11.5 Å². The third kappa shape index (κ3) is 3.09. The molecule has 0 saturated heterocycles. The van der Waals surface area contributed by atoms with Gasteiger partial charge in [0.2, 0.25) is 0 Å². The quantitative estimate of drug-likeness (QED) is 0.749. The molecule has 2 rings (SSSR count). The second-order valence-corrected chi connectivity index (χ2v) is 3.79. The summed E-state index contributed by atoms with van der Waals surface area (Å²) in [5, 5.41) is 0. The molecule has 0 atom stereocenters. The van der Waals surface area contributed by atoms with Gasteiger partial charge in [-0.1, -0.05) is 30.3 Å². The lowest BCUT2D eigenvalue weighted by molar-refractivity contribution is -0.106. The molecule has 0 bridgehead atoms. The van der Waals surface area contributed by atoms with E-state index in [2.05, 4.69) is 0 Å². The molecule has 0 heterocycles. The van der Waals surface area contributed by atoms with Crippen LogP contribution < -0.4 is 4.74 Å². The Kier molecular flexibility index (Phi) is 4.34. The Hall–Kier alpha value is -1.84. The van der Waals surface area contributed by atoms with E-state index in [4.69, 9.17) is 14.2 Å². The van der Waals surface area contributed by atoms with E-state index in [1.165, 1.54) is 0 Å². The van der Waals surface area contributed by atoms with Gasteiger partial charge in [-0.05, 0) is 24.3 Å². The minimum Gasteiger partial charge on any atom is -0.457 e. The fraction of sp³-hybridized carbons (Fsp3) is 0.200. The summed E-state index contributed by atoms with van der Waals surface area (Å²) in [5.74, 6) is 1.57. The van der Waals surface area contributed by atoms with E-state index in [0.29, 0.717) is 0 Å². The first kappa shape index (κ1) is 12.6. The molecule has 0 aliphatic heterocycles. The maximum Gasteiger partial charge on any atom is 0.183 e. The van der Waals surface area contributed by atoms with Gasteiger partial charge in [-0.25, -0.2) is 0 Å². The highest BCUT2D eigenvalue weighted by atomic mass is 16.7. The predicted octanol–water partition coefficient (Wildman–Crippen LogP) is 3.77. The highest BCUT2D eigenvalue weighted by Gasteiger charge is 2.09. The van der Waals surface area contributed by atoms with Crippen LogP contribution in [0.2, 0.25) is 0 Å². The molecule has 3 heteroatoms. The summed E-state index contributed by atoms with van der Waals surface area (Å²) in [6, 6.07) is 17.3. The monoisotopic (exact) mass is 244 g/mol. The second-order valence-electron chi connectivity index (χ2n) is 3.79. The zero-order valence-electron chi connectivity index (χ0n) is 10.5. The van der Waals surface area contributed by atoms with Crippen LogP contribution in [-0.4, -0.2) is 14.2 Å². The van der Waals surface area contributed by atoms with Crippen LogP contribution in [0.1, 0.15) is 11.9 Å². The van der Waals surface area contributed by atoms with Gasteiger partial charge in [-0.15, -0.1) is 0 Å². The van der Waals surface area contributed by atoms with Crippen molar-refractivity contribution in [3.8, 4) is 11.5 Å². The molecule has 0 fully saturated rings. The van der Waals surface area contributed by atoms with Crippen molar-refractivity contribution >= 4 is 0 Å². The largest absolute Gasteiger partial charge is 0.457 e. The fourth-order valence-corrected chi connectivity index (χ4v) is 1.72. The standard InChI is InChI=1S/C15H16O3/c1-16-15(17-2)12-7-6-10-14(11-12)18-13-8-4-3-5-9-13/h3-11,15H,1-2H3. The zero-order chi connectivity index (χ0) is 12.8. The topological polar surface area (TPSA) is 27.7 Å². The summed E-state index contributed by atoms with van der Waals surface area (Å²) in [4.78, 5) is 0. The molecule has 18 heavy (non-hydrogen) atoms. The molecule has 0 amide bonds.